The molecule has 0 saturated carbocycles. The fourth-order valence-electron chi connectivity index (χ4n) is 1.75. The Morgan fingerprint density at radius 1 is 1.59 bits per heavy atom. The molecule has 5 heteroatoms. The molecule has 0 bridgehead atoms. The molecule has 1 aromatic heterocycles. The van der Waals surface area contributed by atoms with Crippen molar-refractivity contribution in [3.63, 3.8) is 0 Å². The van der Waals surface area contributed by atoms with Crippen LogP contribution in [0.15, 0.2) is 10.5 Å². The molecule has 96 valence electrons. The molecule has 1 rings (SSSR count). The largest absolute Gasteiger partial charge is 0.481 e. The molecule has 2 N–H and O–H groups in total. The van der Waals surface area contributed by atoms with E-state index in [0.717, 1.165) is 14.2 Å². The highest BCUT2D eigenvalue weighted by Crippen LogP contribution is 2.37. The lowest BCUT2D eigenvalue weighted by molar-refractivity contribution is -0.139. The minimum atomic E-state index is -0.828. The second kappa shape index (κ2) is 5.50. The number of carboxylic acids is 1. The lowest BCUT2D eigenvalue weighted by Crippen LogP contribution is -2.19. The van der Waals surface area contributed by atoms with E-state index >= 15 is 0 Å². The topological polar surface area (TPSA) is 57.5 Å². The van der Waals surface area contributed by atoms with Crippen LogP contribution in [0.4, 0.5) is 0 Å². The summed E-state index contributed by atoms with van der Waals surface area (Å²) >= 11 is 4.95. The van der Waals surface area contributed by atoms with Crippen molar-refractivity contribution in [1.82, 2.24) is 0 Å². The number of thiophene rings is 1. The van der Waals surface area contributed by atoms with Crippen molar-refractivity contribution in [2.75, 3.05) is 0 Å². The quantitative estimate of drug-likeness (QED) is 0.868. The monoisotopic (exact) mass is 320 g/mol. The molecule has 0 aliphatic heterocycles. The number of halogens is 1. The molecule has 0 amide bonds. The SMILES string of the molecule is Cc1sc(C(O)CC(C)(C)CC(=O)O)cc1Br. The van der Waals surface area contributed by atoms with Crippen LogP contribution in [-0.2, 0) is 4.79 Å². The number of aryl methyl sites for hydroxylation is 1. The van der Waals surface area contributed by atoms with Crippen LogP contribution in [0, 0.1) is 12.3 Å². The minimum Gasteiger partial charge on any atom is -0.481 e. The zero-order valence-corrected chi connectivity index (χ0v) is 12.6. The van der Waals surface area contributed by atoms with Crippen molar-refractivity contribution in [1.29, 1.82) is 0 Å². The van der Waals surface area contributed by atoms with Gasteiger partial charge in [0.05, 0.1) is 12.5 Å². The lowest BCUT2D eigenvalue weighted by Gasteiger charge is -2.25. The van der Waals surface area contributed by atoms with E-state index in [1.807, 2.05) is 26.8 Å². The number of carboxylic acid groups (broad SMARTS) is 1. The third-order valence-corrected chi connectivity index (χ3v) is 4.82. The summed E-state index contributed by atoms with van der Waals surface area (Å²) in [6, 6.07) is 1.90. The molecule has 17 heavy (non-hydrogen) atoms. The number of hydrogen-bond acceptors (Lipinski definition) is 3. The Morgan fingerprint density at radius 2 is 2.18 bits per heavy atom. The van der Waals surface area contributed by atoms with E-state index in [0.29, 0.717) is 6.42 Å². The predicted molar refractivity (Wildman–Crippen MR) is 72.4 cm³/mol. The third-order valence-electron chi connectivity index (χ3n) is 2.58. The van der Waals surface area contributed by atoms with Crippen LogP contribution in [0.25, 0.3) is 0 Å². The van der Waals surface area contributed by atoms with Crippen LogP contribution in [0.1, 0.15) is 42.5 Å². The van der Waals surface area contributed by atoms with Gasteiger partial charge in [0.1, 0.15) is 0 Å². The third kappa shape index (κ3) is 4.41. The van der Waals surface area contributed by atoms with Crippen LogP contribution in [-0.4, -0.2) is 16.2 Å². The fraction of sp³-hybridized carbons (Fsp3) is 0.583. The van der Waals surface area contributed by atoms with E-state index < -0.39 is 17.5 Å². The minimum absolute atomic E-state index is 0.0651. The van der Waals surface area contributed by atoms with Crippen LogP contribution in [0.5, 0.6) is 0 Å². The van der Waals surface area contributed by atoms with Gasteiger partial charge in [-0.15, -0.1) is 11.3 Å². The van der Waals surface area contributed by atoms with Gasteiger partial charge < -0.3 is 10.2 Å². The number of aliphatic hydroxyl groups is 1. The Labute approximate surface area is 114 Å². The van der Waals surface area contributed by atoms with Gasteiger partial charge in [0, 0.05) is 14.2 Å². The van der Waals surface area contributed by atoms with E-state index in [9.17, 15) is 9.90 Å². The molecule has 0 fully saturated rings. The van der Waals surface area contributed by atoms with Crippen molar-refractivity contribution in [3.05, 3.63) is 20.3 Å². The van der Waals surface area contributed by atoms with Gasteiger partial charge >= 0.3 is 5.97 Å². The maximum Gasteiger partial charge on any atom is 0.303 e. The van der Waals surface area contributed by atoms with Gasteiger partial charge in [0.2, 0.25) is 0 Å². The average molecular weight is 321 g/mol. The van der Waals surface area contributed by atoms with E-state index in [-0.39, 0.29) is 6.42 Å². The van der Waals surface area contributed by atoms with E-state index in [4.69, 9.17) is 5.11 Å². The maximum absolute atomic E-state index is 10.7. The van der Waals surface area contributed by atoms with Crippen molar-refractivity contribution in [2.45, 2.75) is 39.7 Å². The zero-order valence-electron chi connectivity index (χ0n) is 10.2. The Morgan fingerprint density at radius 3 is 2.59 bits per heavy atom. The molecule has 1 heterocycles. The molecule has 0 aromatic carbocycles. The number of rotatable bonds is 5. The first-order valence-electron chi connectivity index (χ1n) is 5.37. The number of carbonyl (C=O) groups is 1. The van der Waals surface area contributed by atoms with E-state index in [1.54, 1.807) is 0 Å². The molecule has 1 unspecified atom stereocenters. The molecule has 0 aliphatic carbocycles. The van der Waals surface area contributed by atoms with Gasteiger partial charge in [-0.25, -0.2) is 0 Å². The van der Waals surface area contributed by atoms with E-state index in [1.165, 1.54) is 11.3 Å². The molecule has 1 atom stereocenters. The molecular weight excluding hydrogens is 304 g/mol. The van der Waals surface area contributed by atoms with Crippen molar-refractivity contribution >= 4 is 33.2 Å². The molecule has 1 aromatic rings. The Hall–Kier alpha value is -0.390. The van der Waals surface area contributed by atoms with Gasteiger partial charge in [-0.1, -0.05) is 13.8 Å². The number of hydrogen-bond donors (Lipinski definition) is 2. The fourth-order valence-corrected chi connectivity index (χ4v) is 3.30. The molecule has 0 saturated heterocycles. The van der Waals surface area contributed by atoms with Gasteiger partial charge in [-0.3, -0.25) is 4.79 Å². The van der Waals surface area contributed by atoms with Gasteiger partial charge in [0.25, 0.3) is 0 Å². The highest BCUT2D eigenvalue weighted by atomic mass is 79.9. The van der Waals surface area contributed by atoms with Gasteiger partial charge in [-0.2, -0.15) is 0 Å². The molecular formula is C12H17BrO3S. The molecule has 0 spiro atoms. The van der Waals surface area contributed by atoms with Crippen molar-refractivity contribution in [3.8, 4) is 0 Å². The lowest BCUT2D eigenvalue weighted by atomic mass is 9.83. The summed E-state index contributed by atoms with van der Waals surface area (Å²) < 4.78 is 0.993. The normalized spacial score (nSPS) is 13.7. The summed E-state index contributed by atoms with van der Waals surface area (Å²) in [5.74, 6) is -0.828. The summed E-state index contributed by atoms with van der Waals surface area (Å²) in [6.45, 7) is 5.70. The van der Waals surface area contributed by atoms with Crippen LogP contribution in [0.3, 0.4) is 0 Å². The number of aliphatic carboxylic acids is 1. The Balaban J connectivity index is 2.71. The second-order valence-electron chi connectivity index (χ2n) is 5.01. The molecule has 0 aliphatic rings. The van der Waals surface area contributed by atoms with Gasteiger partial charge in [0.15, 0.2) is 0 Å². The standard InChI is InChI=1S/C12H17BrO3S/c1-7-8(13)4-10(17-7)9(14)5-12(2,3)6-11(15)16/h4,9,14H,5-6H2,1-3H3,(H,15,16). The molecule has 3 nitrogen and oxygen atoms in total. The first-order chi connectivity index (χ1) is 7.71. The number of aliphatic hydroxyl groups excluding tert-OH is 1. The highest BCUT2D eigenvalue weighted by Gasteiger charge is 2.26. The second-order valence-corrected chi connectivity index (χ2v) is 7.15. The van der Waals surface area contributed by atoms with Crippen LogP contribution < -0.4 is 0 Å². The summed E-state index contributed by atoms with van der Waals surface area (Å²) in [7, 11) is 0. The van der Waals surface area contributed by atoms with E-state index in [2.05, 4.69) is 15.9 Å². The summed E-state index contributed by atoms with van der Waals surface area (Å²) in [5, 5.41) is 18.9. The summed E-state index contributed by atoms with van der Waals surface area (Å²) in [5.41, 5.74) is -0.407. The van der Waals surface area contributed by atoms with Crippen LogP contribution >= 0.6 is 27.3 Å². The van der Waals surface area contributed by atoms with Crippen LogP contribution in [0.2, 0.25) is 0 Å². The average Bonchev–Trinajstić information content (AvgIpc) is 2.43. The Bertz CT molecular complexity index is 392. The summed E-state index contributed by atoms with van der Waals surface area (Å²) in [6.07, 6.45) is -0.0827. The van der Waals surface area contributed by atoms with Gasteiger partial charge in [-0.05, 0) is 40.8 Å². The first kappa shape index (κ1) is 14.7. The summed E-state index contributed by atoms with van der Waals surface area (Å²) in [4.78, 5) is 12.7. The highest BCUT2D eigenvalue weighted by molar-refractivity contribution is 9.10. The first-order valence-corrected chi connectivity index (χ1v) is 6.98. The predicted octanol–water partition coefficient (Wildman–Crippen LogP) is 3.74. The van der Waals surface area contributed by atoms with Crippen molar-refractivity contribution < 1.29 is 15.0 Å². The Kier molecular flexibility index (Phi) is 4.75. The smallest absolute Gasteiger partial charge is 0.303 e. The maximum atomic E-state index is 10.7. The zero-order chi connectivity index (χ0) is 13.2. The molecule has 0 radical (unpaired) electrons. The van der Waals surface area contributed by atoms with Crippen molar-refractivity contribution in [2.24, 2.45) is 5.41 Å².